The second kappa shape index (κ2) is 4.00. The molecule has 0 aliphatic carbocycles. The summed E-state index contributed by atoms with van der Waals surface area (Å²) in [6.07, 6.45) is 2.30. The smallest absolute Gasteiger partial charge is 0.271 e. The molecule has 2 N–H and O–H groups in total. The lowest BCUT2D eigenvalue weighted by Crippen LogP contribution is -2.27. The average Bonchev–Trinajstić information content (AvgIpc) is 2.64. The molecular formula is C11H15N3O2. The third-order valence-corrected chi connectivity index (χ3v) is 3.08. The van der Waals surface area contributed by atoms with E-state index in [2.05, 4.69) is 11.8 Å². The summed E-state index contributed by atoms with van der Waals surface area (Å²) in [6, 6.07) is 5.15. The predicted molar refractivity (Wildman–Crippen MR) is 63.6 cm³/mol. The summed E-state index contributed by atoms with van der Waals surface area (Å²) >= 11 is 0. The van der Waals surface area contributed by atoms with Gasteiger partial charge in [-0.25, -0.2) is 0 Å². The number of hydrogen-bond donors (Lipinski definition) is 1. The van der Waals surface area contributed by atoms with Crippen molar-refractivity contribution in [1.29, 1.82) is 0 Å². The first-order valence-electron chi connectivity index (χ1n) is 5.40. The van der Waals surface area contributed by atoms with Crippen molar-refractivity contribution in [2.75, 3.05) is 17.2 Å². The number of rotatable bonds is 2. The van der Waals surface area contributed by atoms with Crippen LogP contribution in [0.25, 0.3) is 0 Å². The lowest BCUT2D eigenvalue weighted by Gasteiger charge is -2.24. The molecule has 0 unspecified atom stereocenters. The average molecular weight is 221 g/mol. The second-order valence-electron chi connectivity index (χ2n) is 4.18. The first kappa shape index (κ1) is 10.7. The minimum Gasteiger partial charge on any atom is -0.397 e. The van der Waals surface area contributed by atoms with Gasteiger partial charge in [-0.2, -0.15) is 0 Å². The Hall–Kier alpha value is -1.78. The van der Waals surface area contributed by atoms with Crippen molar-refractivity contribution in [3.8, 4) is 0 Å². The highest BCUT2D eigenvalue weighted by Crippen LogP contribution is 2.32. The lowest BCUT2D eigenvalue weighted by atomic mass is 10.2. The first-order chi connectivity index (χ1) is 7.59. The number of hydrogen-bond acceptors (Lipinski definition) is 4. The molecule has 1 aliphatic heterocycles. The Balaban J connectivity index is 2.32. The highest BCUT2D eigenvalue weighted by atomic mass is 16.6. The number of nitrogens with two attached hydrogens (primary N) is 1. The molecule has 5 heteroatoms. The summed E-state index contributed by atoms with van der Waals surface area (Å²) in [5, 5.41) is 10.6. The molecule has 16 heavy (non-hydrogen) atoms. The van der Waals surface area contributed by atoms with Crippen LogP contribution < -0.4 is 10.6 Å². The molecule has 0 amide bonds. The van der Waals surface area contributed by atoms with Crippen LogP contribution in [0.4, 0.5) is 17.1 Å². The van der Waals surface area contributed by atoms with Gasteiger partial charge in [0.25, 0.3) is 5.69 Å². The number of anilines is 2. The van der Waals surface area contributed by atoms with Crippen LogP contribution in [0.2, 0.25) is 0 Å². The molecule has 1 atom stereocenters. The van der Waals surface area contributed by atoms with Gasteiger partial charge in [0.1, 0.15) is 0 Å². The molecule has 1 fully saturated rings. The van der Waals surface area contributed by atoms with E-state index in [1.165, 1.54) is 12.1 Å². The molecular weight excluding hydrogens is 206 g/mol. The number of benzene rings is 1. The fourth-order valence-corrected chi connectivity index (χ4v) is 2.21. The van der Waals surface area contributed by atoms with Gasteiger partial charge in [-0.1, -0.05) is 0 Å². The molecule has 0 bridgehead atoms. The summed E-state index contributed by atoms with van der Waals surface area (Å²) in [4.78, 5) is 12.4. The highest BCUT2D eigenvalue weighted by Gasteiger charge is 2.23. The molecule has 1 saturated heterocycles. The van der Waals surface area contributed by atoms with Crippen molar-refractivity contribution >= 4 is 17.1 Å². The van der Waals surface area contributed by atoms with E-state index >= 15 is 0 Å². The van der Waals surface area contributed by atoms with Crippen LogP contribution in [0.15, 0.2) is 18.2 Å². The van der Waals surface area contributed by atoms with Crippen LogP contribution in [0.1, 0.15) is 19.8 Å². The van der Waals surface area contributed by atoms with E-state index < -0.39 is 4.92 Å². The quantitative estimate of drug-likeness (QED) is 0.472. The van der Waals surface area contributed by atoms with E-state index in [0.717, 1.165) is 25.1 Å². The molecule has 2 rings (SSSR count). The van der Waals surface area contributed by atoms with Gasteiger partial charge >= 0.3 is 0 Å². The Morgan fingerprint density at radius 1 is 1.56 bits per heavy atom. The zero-order chi connectivity index (χ0) is 11.7. The minimum absolute atomic E-state index is 0.0492. The fraction of sp³-hybridized carbons (Fsp3) is 0.455. The zero-order valence-electron chi connectivity index (χ0n) is 9.22. The molecule has 1 aromatic carbocycles. The number of nitrogen functional groups attached to an aromatic ring is 1. The van der Waals surface area contributed by atoms with Crippen molar-refractivity contribution in [1.82, 2.24) is 0 Å². The van der Waals surface area contributed by atoms with Gasteiger partial charge in [-0.15, -0.1) is 0 Å². The number of non-ortho nitro benzene ring substituents is 1. The van der Waals surface area contributed by atoms with Crippen LogP contribution in [-0.4, -0.2) is 17.5 Å². The van der Waals surface area contributed by atoms with E-state index in [-0.39, 0.29) is 5.69 Å². The molecule has 0 spiro atoms. The molecule has 1 aromatic rings. The van der Waals surface area contributed by atoms with E-state index in [4.69, 9.17) is 5.73 Å². The van der Waals surface area contributed by atoms with Crippen LogP contribution in [0.3, 0.4) is 0 Å². The Kier molecular flexibility index (Phi) is 2.68. The van der Waals surface area contributed by atoms with Crippen LogP contribution in [0, 0.1) is 10.1 Å². The second-order valence-corrected chi connectivity index (χ2v) is 4.18. The monoisotopic (exact) mass is 221 g/mol. The Labute approximate surface area is 94.0 Å². The lowest BCUT2D eigenvalue weighted by molar-refractivity contribution is -0.384. The van der Waals surface area contributed by atoms with E-state index in [1.54, 1.807) is 6.07 Å². The number of nitro groups is 1. The molecule has 0 aromatic heterocycles. The largest absolute Gasteiger partial charge is 0.397 e. The summed E-state index contributed by atoms with van der Waals surface area (Å²) < 4.78 is 0. The number of nitrogens with zero attached hydrogens (tertiary/aromatic N) is 2. The Morgan fingerprint density at radius 2 is 2.31 bits per heavy atom. The van der Waals surface area contributed by atoms with Gasteiger partial charge in [0, 0.05) is 24.7 Å². The molecule has 1 aliphatic rings. The van der Waals surface area contributed by atoms with E-state index in [9.17, 15) is 10.1 Å². The third kappa shape index (κ3) is 1.80. The fourth-order valence-electron chi connectivity index (χ4n) is 2.21. The van der Waals surface area contributed by atoms with Gasteiger partial charge in [0.05, 0.1) is 16.3 Å². The molecule has 86 valence electrons. The van der Waals surface area contributed by atoms with Crippen molar-refractivity contribution in [3.05, 3.63) is 28.3 Å². The summed E-state index contributed by atoms with van der Waals surface area (Å²) in [7, 11) is 0. The Morgan fingerprint density at radius 3 is 2.81 bits per heavy atom. The molecule has 0 saturated carbocycles. The van der Waals surface area contributed by atoms with Gasteiger partial charge in [0.15, 0.2) is 0 Å². The summed E-state index contributed by atoms with van der Waals surface area (Å²) in [5.41, 5.74) is 7.31. The topological polar surface area (TPSA) is 72.4 Å². The van der Waals surface area contributed by atoms with E-state index in [0.29, 0.717) is 11.7 Å². The van der Waals surface area contributed by atoms with Crippen molar-refractivity contribution in [2.45, 2.75) is 25.8 Å². The minimum atomic E-state index is -0.423. The molecule has 5 nitrogen and oxygen atoms in total. The number of nitro benzene ring substituents is 1. The SMILES string of the molecule is C[C@@H]1CCCN1c1ccc([N+](=O)[O-])cc1N. The normalized spacial score (nSPS) is 20.1. The molecule has 1 heterocycles. The third-order valence-electron chi connectivity index (χ3n) is 3.08. The Bertz CT molecular complexity index is 420. The van der Waals surface area contributed by atoms with E-state index in [1.807, 2.05) is 0 Å². The summed E-state index contributed by atoms with van der Waals surface area (Å²) in [6.45, 7) is 3.12. The van der Waals surface area contributed by atoms with Gasteiger partial charge < -0.3 is 10.6 Å². The van der Waals surface area contributed by atoms with Crippen molar-refractivity contribution < 1.29 is 4.92 Å². The van der Waals surface area contributed by atoms with Crippen molar-refractivity contribution in [2.24, 2.45) is 0 Å². The van der Waals surface area contributed by atoms with Gasteiger partial charge in [-0.3, -0.25) is 10.1 Å². The maximum Gasteiger partial charge on any atom is 0.271 e. The standard InChI is InChI=1S/C11H15N3O2/c1-8-3-2-6-13(8)11-5-4-9(14(15)16)7-10(11)12/h4-5,7-8H,2-3,6,12H2,1H3/t8-/m1/s1. The predicted octanol–water partition coefficient (Wildman–Crippen LogP) is 2.17. The van der Waals surface area contributed by atoms with Crippen LogP contribution in [0.5, 0.6) is 0 Å². The zero-order valence-corrected chi connectivity index (χ0v) is 9.22. The van der Waals surface area contributed by atoms with Gasteiger partial charge in [-0.05, 0) is 25.8 Å². The van der Waals surface area contributed by atoms with Gasteiger partial charge in [0.2, 0.25) is 0 Å². The maximum atomic E-state index is 10.6. The highest BCUT2D eigenvalue weighted by molar-refractivity contribution is 5.71. The molecule has 0 radical (unpaired) electrons. The first-order valence-corrected chi connectivity index (χ1v) is 5.40. The summed E-state index contributed by atoms with van der Waals surface area (Å²) in [5.74, 6) is 0. The van der Waals surface area contributed by atoms with Crippen LogP contribution >= 0.6 is 0 Å². The van der Waals surface area contributed by atoms with Crippen molar-refractivity contribution in [3.63, 3.8) is 0 Å². The maximum absolute atomic E-state index is 10.6. The van der Waals surface area contributed by atoms with Crippen LogP contribution in [-0.2, 0) is 0 Å².